The Bertz CT molecular complexity index is 1470. The van der Waals surface area contributed by atoms with E-state index in [1.165, 1.54) is 12.1 Å². The van der Waals surface area contributed by atoms with Crippen LogP contribution in [0.5, 0.6) is 0 Å². The lowest BCUT2D eigenvalue weighted by Gasteiger charge is -2.28. The number of rotatable bonds is 7. The van der Waals surface area contributed by atoms with E-state index in [1.54, 1.807) is 6.07 Å². The number of benzene rings is 2. The summed E-state index contributed by atoms with van der Waals surface area (Å²) in [6, 6.07) is 5.79. The van der Waals surface area contributed by atoms with Crippen LogP contribution in [0.15, 0.2) is 35.1 Å². The average molecular weight is 588 g/mol. The number of carbonyl (C=O) groups is 1. The Kier molecular flexibility index (Phi) is 8.89. The van der Waals surface area contributed by atoms with E-state index in [4.69, 9.17) is 16.3 Å². The largest absolute Gasteiger partial charge is 0.417 e. The van der Waals surface area contributed by atoms with Crippen LogP contribution in [0.3, 0.4) is 0 Å². The SMILES string of the molecule is Cc1nc(-c2c(C(F)(F)F)ccc(CNC(=O)C3CCC(OCc4ccc(Cl)cc4F)CC3)c2F)[nH]c(=O)c1F. The molecule has 214 valence electrons. The zero-order chi connectivity index (χ0) is 29.2. The molecule has 2 N–H and O–H groups in total. The molecule has 0 aliphatic heterocycles. The first-order valence-corrected chi connectivity index (χ1v) is 12.7. The Morgan fingerprint density at radius 1 is 1.07 bits per heavy atom. The number of aryl methyl sites for hydroxylation is 1. The zero-order valence-corrected chi connectivity index (χ0v) is 21.9. The van der Waals surface area contributed by atoms with Gasteiger partial charge in [-0.05, 0) is 50.8 Å². The number of alkyl halides is 3. The Hall–Kier alpha value is -3.38. The molecule has 0 bridgehead atoms. The summed E-state index contributed by atoms with van der Waals surface area (Å²) in [6.07, 6.45) is -3.26. The smallest absolute Gasteiger partial charge is 0.373 e. The second-order valence-corrected chi connectivity index (χ2v) is 9.95. The van der Waals surface area contributed by atoms with Gasteiger partial charge in [0, 0.05) is 28.6 Å². The third kappa shape index (κ3) is 6.67. The average Bonchev–Trinajstić information content (AvgIpc) is 2.89. The van der Waals surface area contributed by atoms with Gasteiger partial charge in [-0.1, -0.05) is 23.7 Å². The summed E-state index contributed by atoms with van der Waals surface area (Å²) in [7, 11) is 0. The van der Waals surface area contributed by atoms with Crippen molar-refractivity contribution in [2.75, 3.05) is 0 Å². The van der Waals surface area contributed by atoms with Gasteiger partial charge in [0.1, 0.15) is 17.5 Å². The molecule has 3 aromatic rings. The van der Waals surface area contributed by atoms with E-state index in [-0.39, 0.29) is 23.3 Å². The Balaban J connectivity index is 1.41. The van der Waals surface area contributed by atoms with Gasteiger partial charge in [0.05, 0.1) is 29.5 Å². The van der Waals surface area contributed by atoms with Crippen LogP contribution in [0, 0.1) is 30.3 Å². The molecular weight excluding hydrogens is 564 g/mol. The summed E-state index contributed by atoms with van der Waals surface area (Å²) in [5.74, 6) is -4.74. The van der Waals surface area contributed by atoms with Crippen molar-refractivity contribution >= 4 is 17.5 Å². The molecule has 1 aromatic heterocycles. The number of ether oxygens (including phenoxy) is 1. The van der Waals surface area contributed by atoms with E-state index < -0.39 is 70.2 Å². The Labute approximate surface area is 229 Å². The summed E-state index contributed by atoms with van der Waals surface area (Å²) < 4.78 is 89.7. The maximum atomic E-state index is 15.4. The molecule has 0 radical (unpaired) electrons. The summed E-state index contributed by atoms with van der Waals surface area (Å²) in [6.45, 7) is 0.694. The molecule has 1 amide bonds. The first kappa shape index (κ1) is 29.6. The number of nitrogens with one attached hydrogen (secondary N) is 2. The third-order valence-electron chi connectivity index (χ3n) is 6.78. The van der Waals surface area contributed by atoms with E-state index in [0.29, 0.717) is 37.3 Å². The molecule has 0 atom stereocenters. The van der Waals surface area contributed by atoms with Gasteiger partial charge in [-0.15, -0.1) is 0 Å². The van der Waals surface area contributed by atoms with Gasteiger partial charge < -0.3 is 15.0 Å². The summed E-state index contributed by atoms with van der Waals surface area (Å²) >= 11 is 5.75. The summed E-state index contributed by atoms with van der Waals surface area (Å²) in [5, 5.41) is 2.82. The molecular formula is C27H24ClF6N3O3. The van der Waals surface area contributed by atoms with Crippen LogP contribution in [0.4, 0.5) is 26.3 Å². The van der Waals surface area contributed by atoms with E-state index in [0.717, 1.165) is 13.0 Å². The lowest BCUT2D eigenvalue weighted by Crippen LogP contribution is -2.34. The number of halogens is 7. The zero-order valence-electron chi connectivity index (χ0n) is 21.1. The number of aromatic amines is 1. The van der Waals surface area contributed by atoms with Gasteiger partial charge in [0.25, 0.3) is 5.56 Å². The maximum absolute atomic E-state index is 15.4. The monoisotopic (exact) mass is 587 g/mol. The van der Waals surface area contributed by atoms with Crippen LogP contribution < -0.4 is 10.9 Å². The van der Waals surface area contributed by atoms with Gasteiger partial charge >= 0.3 is 6.18 Å². The Morgan fingerprint density at radius 3 is 2.38 bits per heavy atom. The van der Waals surface area contributed by atoms with Crippen molar-refractivity contribution in [3.8, 4) is 11.4 Å². The van der Waals surface area contributed by atoms with Crippen LogP contribution in [0.1, 0.15) is 48.1 Å². The normalized spacial score (nSPS) is 17.6. The maximum Gasteiger partial charge on any atom is 0.417 e. The van der Waals surface area contributed by atoms with Crippen LogP contribution in [-0.4, -0.2) is 22.0 Å². The molecule has 1 heterocycles. The molecule has 13 heteroatoms. The molecule has 1 saturated carbocycles. The van der Waals surface area contributed by atoms with Gasteiger partial charge in [-0.2, -0.15) is 17.6 Å². The van der Waals surface area contributed by atoms with Crippen molar-refractivity contribution in [3.63, 3.8) is 0 Å². The number of amides is 1. The molecule has 0 saturated heterocycles. The number of nitrogens with zero attached hydrogens (tertiary/aromatic N) is 1. The minimum Gasteiger partial charge on any atom is -0.373 e. The lowest BCUT2D eigenvalue weighted by molar-refractivity contribution is -0.137. The van der Waals surface area contributed by atoms with Crippen molar-refractivity contribution in [2.24, 2.45) is 5.92 Å². The fourth-order valence-corrected chi connectivity index (χ4v) is 4.74. The molecule has 1 fully saturated rings. The topological polar surface area (TPSA) is 84.1 Å². The lowest BCUT2D eigenvalue weighted by atomic mass is 9.86. The molecule has 4 rings (SSSR count). The highest BCUT2D eigenvalue weighted by molar-refractivity contribution is 6.30. The predicted octanol–water partition coefficient (Wildman–Crippen LogP) is 6.23. The van der Waals surface area contributed by atoms with Crippen molar-refractivity contribution in [3.05, 3.63) is 85.5 Å². The highest BCUT2D eigenvalue weighted by Crippen LogP contribution is 2.38. The number of hydrogen-bond acceptors (Lipinski definition) is 4. The Morgan fingerprint density at radius 2 is 1.75 bits per heavy atom. The van der Waals surface area contributed by atoms with E-state index in [2.05, 4.69) is 10.3 Å². The van der Waals surface area contributed by atoms with Crippen LogP contribution >= 0.6 is 11.6 Å². The van der Waals surface area contributed by atoms with Gasteiger partial charge in [-0.25, -0.2) is 13.8 Å². The highest BCUT2D eigenvalue weighted by Gasteiger charge is 2.37. The van der Waals surface area contributed by atoms with E-state index >= 15 is 4.39 Å². The summed E-state index contributed by atoms with van der Waals surface area (Å²) in [4.78, 5) is 30.0. The quantitative estimate of drug-likeness (QED) is 0.321. The van der Waals surface area contributed by atoms with E-state index in [1.807, 2.05) is 4.98 Å². The molecule has 0 unspecified atom stereocenters. The predicted molar refractivity (Wildman–Crippen MR) is 134 cm³/mol. The first-order chi connectivity index (χ1) is 18.8. The van der Waals surface area contributed by atoms with Crippen molar-refractivity contribution in [2.45, 2.75) is 58.0 Å². The molecule has 6 nitrogen and oxygen atoms in total. The number of H-pyrrole nitrogens is 1. The number of aromatic nitrogens is 2. The molecule has 0 spiro atoms. The number of carbonyl (C=O) groups excluding carboxylic acids is 1. The van der Waals surface area contributed by atoms with Gasteiger partial charge in [0.15, 0.2) is 0 Å². The summed E-state index contributed by atoms with van der Waals surface area (Å²) in [5.41, 5.74) is -4.21. The van der Waals surface area contributed by atoms with Crippen LogP contribution in [0.25, 0.3) is 11.4 Å². The van der Waals surface area contributed by atoms with Gasteiger partial charge in [-0.3, -0.25) is 9.59 Å². The van der Waals surface area contributed by atoms with Crippen molar-refractivity contribution in [1.29, 1.82) is 0 Å². The minimum absolute atomic E-state index is 0.0494. The fraction of sp³-hybridized carbons (Fsp3) is 0.370. The molecule has 1 aliphatic rings. The van der Waals surface area contributed by atoms with Crippen molar-refractivity contribution < 1.29 is 35.9 Å². The fourth-order valence-electron chi connectivity index (χ4n) is 4.58. The van der Waals surface area contributed by atoms with E-state index in [9.17, 15) is 31.5 Å². The third-order valence-corrected chi connectivity index (χ3v) is 7.02. The highest BCUT2D eigenvalue weighted by atomic mass is 35.5. The molecule has 40 heavy (non-hydrogen) atoms. The second kappa shape index (κ2) is 12.0. The van der Waals surface area contributed by atoms with Crippen LogP contribution in [-0.2, 0) is 28.9 Å². The number of hydrogen-bond donors (Lipinski definition) is 2. The van der Waals surface area contributed by atoms with Crippen LogP contribution in [0.2, 0.25) is 5.02 Å². The molecule has 1 aliphatic carbocycles. The first-order valence-electron chi connectivity index (χ1n) is 12.3. The second-order valence-electron chi connectivity index (χ2n) is 9.51. The molecule has 2 aromatic carbocycles. The van der Waals surface area contributed by atoms with Gasteiger partial charge in [0.2, 0.25) is 11.7 Å². The standard InChI is InChI=1S/C27H24ClF6N3O3/c1-13-22(30)26(39)37-24(36-13)21-19(27(32,33)34)9-5-15(23(21)31)11-35-25(38)14-3-7-18(8-4-14)40-12-16-2-6-17(28)10-20(16)29/h2,5-6,9-10,14,18H,3-4,7-8,11-12H2,1H3,(H,35,38)(H,36,37,39). The minimum atomic E-state index is -5.00. The van der Waals surface area contributed by atoms with Crippen molar-refractivity contribution in [1.82, 2.24) is 15.3 Å².